The van der Waals surface area contributed by atoms with E-state index >= 15 is 0 Å². The Hall–Kier alpha value is -2.93. The third kappa shape index (κ3) is 3.21. The summed E-state index contributed by atoms with van der Waals surface area (Å²) in [6, 6.07) is 15.7. The van der Waals surface area contributed by atoms with E-state index in [0.717, 1.165) is 16.9 Å². The largest absolute Gasteiger partial charge is 0.411 e. The third-order valence-electron chi connectivity index (χ3n) is 3.32. The Bertz CT molecular complexity index is 843. The SMILES string of the molecule is c1ccc(-n2ccc(CSc3nnc(-c4cccnc4)o3)n2)cc1. The Morgan fingerprint density at radius 2 is 1.92 bits per heavy atom. The highest BCUT2D eigenvalue weighted by Gasteiger charge is 2.10. The highest BCUT2D eigenvalue weighted by atomic mass is 32.2. The van der Waals surface area contributed by atoms with E-state index in [1.807, 2.05) is 59.4 Å². The van der Waals surface area contributed by atoms with Crippen LogP contribution in [0.1, 0.15) is 5.69 Å². The summed E-state index contributed by atoms with van der Waals surface area (Å²) in [5, 5.41) is 13.2. The van der Waals surface area contributed by atoms with Gasteiger partial charge in [-0.15, -0.1) is 10.2 Å². The van der Waals surface area contributed by atoms with E-state index in [-0.39, 0.29) is 0 Å². The molecule has 24 heavy (non-hydrogen) atoms. The van der Waals surface area contributed by atoms with Crippen molar-refractivity contribution in [3.8, 4) is 17.1 Å². The van der Waals surface area contributed by atoms with Gasteiger partial charge in [0.1, 0.15) is 0 Å². The average Bonchev–Trinajstić information content (AvgIpc) is 3.31. The normalized spacial score (nSPS) is 10.8. The van der Waals surface area contributed by atoms with E-state index in [4.69, 9.17) is 4.42 Å². The van der Waals surface area contributed by atoms with Crippen molar-refractivity contribution in [2.75, 3.05) is 0 Å². The van der Waals surface area contributed by atoms with Crippen LogP contribution in [-0.2, 0) is 5.75 Å². The van der Waals surface area contributed by atoms with Crippen molar-refractivity contribution in [1.29, 1.82) is 0 Å². The van der Waals surface area contributed by atoms with Crippen LogP contribution in [0, 0.1) is 0 Å². The van der Waals surface area contributed by atoms with Gasteiger partial charge in [0.05, 0.1) is 16.9 Å². The molecule has 1 aromatic carbocycles. The van der Waals surface area contributed by atoms with Crippen molar-refractivity contribution in [2.45, 2.75) is 11.0 Å². The van der Waals surface area contributed by atoms with Gasteiger partial charge in [-0.05, 0) is 30.3 Å². The van der Waals surface area contributed by atoms with Crippen LogP contribution in [0.4, 0.5) is 0 Å². The van der Waals surface area contributed by atoms with Gasteiger partial charge >= 0.3 is 0 Å². The van der Waals surface area contributed by atoms with Crippen LogP contribution in [-0.4, -0.2) is 25.0 Å². The zero-order chi connectivity index (χ0) is 16.2. The molecule has 4 rings (SSSR count). The first-order chi connectivity index (χ1) is 11.9. The van der Waals surface area contributed by atoms with E-state index in [9.17, 15) is 0 Å². The second-order valence-electron chi connectivity index (χ2n) is 4.99. The van der Waals surface area contributed by atoms with Crippen LogP contribution in [0.25, 0.3) is 17.1 Å². The summed E-state index contributed by atoms with van der Waals surface area (Å²) in [5.41, 5.74) is 2.79. The molecule has 7 heteroatoms. The Balaban J connectivity index is 1.43. The lowest BCUT2D eigenvalue weighted by atomic mass is 10.3. The molecule has 0 amide bonds. The molecule has 0 spiro atoms. The summed E-state index contributed by atoms with van der Waals surface area (Å²) < 4.78 is 7.50. The Morgan fingerprint density at radius 1 is 1.00 bits per heavy atom. The number of aromatic nitrogens is 5. The van der Waals surface area contributed by atoms with E-state index in [1.165, 1.54) is 11.8 Å². The lowest BCUT2D eigenvalue weighted by Crippen LogP contribution is -1.94. The maximum absolute atomic E-state index is 5.65. The summed E-state index contributed by atoms with van der Waals surface area (Å²) in [6.07, 6.45) is 5.35. The molecule has 0 saturated carbocycles. The minimum absolute atomic E-state index is 0.473. The van der Waals surface area contributed by atoms with Crippen LogP contribution in [0.3, 0.4) is 0 Å². The Labute approximate surface area is 142 Å². The van der Waals surface area contributed by atoms with Crippen molar-refractivity contribution >= 4 is 11.8 Å². The fourth-order valence-corrected chi connectivity index (χ4v) is 2.83. The zero-order valence-electron chi connectivity index (χ0n) is 12.6. The molecule has 0 saturated heterocycles. The highest BCUT2D eigenvalue weighted by Crippen LogP contribution is 2.24. The van der Waals surface area contributed by atoms with Gasteiger partial charge in [-0.2, -0.15) is 5.10 Å². The van der Waals surface area contributed by atoms with Crippen LogP contribution in [0.15, 0.2) is 76.8 Å². The average molecular weight is 335 g/mol. The second kappa shape index (κ2) is 6.67. The zero-order valence-corrected chi connectivity index (χ0v) is 13.4. The van der Waals surface area contributed by atoms with Gasteiger partial charge in [-0.25, -0.2) is 4.68 Å². The van der Waals surface area contributed by atoms with Gasteiger partial charge in [-0.3, -0.25) is 4.98 Å². The van der Waals surface area contributed by atoms with Crippen LogP contribution in [0.5, 0.6) is 0 Å². The first-order valence-corrected chi connectivity index (χ1v) is 8.34. The fraction of sp³-hybridized carbons (Fsp3) is 0.0588. The van der Waals surface area contributed by atoms with E-state index in [0.29, 0.717) is 16.9 Å². The van der Waals surface area contributed by atoms with E-state index in [1.54, 1.807) is 12.4 Å². The summed E-state index contributed by atoms with van der Waals surface area (Å²) in [7, 11) is 0. The number of benzene rings is 1. The van der Waals surface area contributed by atoms with Crippen molar-refractivity contribution in [2.24, 2.45) is 0 Å². The van der Waals surface area contributed by atoms with Crippen molar-refractivity contribution < 1.29 is 4.42 Å². The minimum Gasteiger partial charge on any atom is -0.411 e. The van der Waals surface area contributed by atoms with Gasteiger partial charge in [0.2, 0.25) is 5.89 Å². The first kappa shape index (κ1) is 14.6. The molecule has 0 bridgehead atoms. The second-order valence-corrected chi connectivity index (χ2v) is 5.92. The lowest BCUT2D eigenvalue weighted by Gasteiger charge is -1.99. The monoisotopic (exact) mass is 335 g/mol. The standard InChI is InChI=1S/C17H13N5OS/c1-2-6-15(7-3-1)22-10-8-14(21-22)12-24-17-20-19-16(23-17)13-5-4-9-18-11-13/h1-11H,12H2. The predicted octanol–water partition coefficient (Wildman–Crippen LogP) is 3.61. The van der Waals surface area contributed by atoms with Gasteiger partial charge in [-0.1, -0.05) is 30.0 Å². The van der Waals surface area contributed by atoms with Gasteiger partial charge in [0.25, 0.3) is 5.22 Å². The third-order valence-corrected chi connectivity index (χ3v) is 4.18. The van der Waals surface area contributed by atoms with Gasteiger partial charge in [0, 0.05) is 24.3 Å². The maximum atomic E-state index is 5.65. The molecule has 0 aliphatic heterocycles. The van der Waals surface area contributed by atoms with E-state index in [2.05, 4.69) is 20.3 Å². The molecule has 0 aliphatic rings. The number of nitrogens with zero attached hydrogens (tertiary/aromatic N) is 5. The Morgan fingerprint density at radius 3 is 2.75 bits per heavy atom. The maximum Gasteiger partial charge on any atom is 0.277 e. The van der Waals surface area contributed by atoms with Crippen molar-refractivity contribution in [3.05, 3.63) is 72.8 Å². The summed E-state index contributed by atoms with van der Waals surface area (Å²) >= 11 is 1.46. The quantitative estimate of drug-likeness (QED) is 0.519. The molecular weight excluding hydrogens is 322 g/mol. The van der Waals surface area contributed by atoms with Crippen LogP contribution in [0.2, 0.25) is 0 Å². The molecule has 3 heterocycles. The molecule has 6 nitrogen and oxygen atoms in total. The van der Waals surface area contributed by atoms with Crippen LogP contribution >= 0.6 is 11.8 Å². The molecular formula is C17H13N5OS. The summed E-state index contributed by atoms with van der Waals surface area (Å²) in [5.74, 6) is 1.13. The first-order valence-electron chi connectivity index (χ1n) is 7.35. The number of para-hydroxylation sites is 1. The molecule has 0 fully saturated rings. The van der Waals surface area contributed by atoms with Gasteiger partial charge < -0.3 is 4.42 Å². The minimum atomic E-state index is 0.473. The molecule has 0 radical (unpaired) electrons. The Kier molecular flexibility index (Phi) is 4.07. The number of hydrogen-bond donors (Lipinski definition) is 0. The van der Waals surface area contributed by atoms with Gasteiger partial charge in [0.15, 0.2) is 0 Å². The van der Waals surface area contributed by atoms with Crippen molar-refractivity contribution in [1.82, 2.24) is 25.0 Å². The predicted molar refractivity (Wildman–Crippen MR) is 90.7 cm³/mol. The molecule has 118 valence electrons. The highest BCUT2D eigenvalue weighted by molar-refractivity contribution is 7.98. The molecule has 0 aliphatic carbocycles. The molecule has 0 atom stereocenters. The number of thioether (sulfide) groups is 1. The van der Waals surface area contributed by atoms with E-state index < -0.39 is 0 Å². The number of hydrogen-bond acceptors (Lipinski definition) is 6. The summed E-state index contributed by atoms with van der Waals surface area (Å²) in [6.45, 7) is 0. The smallest absolute Gasteiger partial charge is 0.277 e. The summed E-state index contributed by atoms with van der Waals surface area (Å²) in [4.78, 5) is 4.05. The van der Waals surface area contributed by atoms with Crippen LogP contribution < -0.4 is 0 Å². The lowest BCUT2D eigenvalue weighted by molar-refractivity contribution is 0.465. The number of rotatable bonds is 5. The molecule has 0 N–H and O–H groups in total. The fourth-order valence-electron chi connectivity index (χ4n) is 2.17. The molecule has 0 unspecified atom stereocenters. The molecule has 4 aromatic rings. The molecule has 3 aromatic heterocycles. The topological polar surface area (TPSA) is 69.6 Å². The number of pyridine rings is 1. The van der Waals surface area contributed by atoms with Crippen molar-refractivity contribution in [3.63, 3.8) is 0 Å².